The maximum atomic E-state index is 12.5. The predicted octanol–water partition coefficient (Wildman–Crippen LogP) is 2.15. The molecule has 54 valence electrons. The van der Waals surface area contributed by atoms with Crippen molar-refractivity contribution in [1.29, 1.82) is 0 Å². The lowest BCUT2D eigenvalue weighted by Crippen LogP contribution is -1.94. The quantitative estimate of drug-likeness (QED) is 0.557. The van der Waals surface area contributed by atoms with Gasteiger partial charge >= 0.3 is 0 Å². The van der Waals surface area contributed by atoms with E-state index in [4.69, 9.17) is 5.73 Å². The van der Waals surface area contributed by atoms with Crippen LogP contribution in [0.25, 0.3) is 0 Å². The van der Waals surface area contributed by atoms with Crippen LogP contribution in [0.1, 0.15) is 0 Å². The van der Waals surface area contributed by atoms with Crippen molar-refractivity contribution in [1.82, 2.24) is 0 Å². The molecule has 0 radical (unpaired) electrons. The van der Waals surface area contributed by atoms with Gasteiger partial charge in [-0.25, -0.2) is 8.78 Å². The minimum atomic E-state index is -0.704. The van der Waals surface area contributed by atoms with Gasteiger partial charge in [-0.2, -0.15) is 0 Å². The first kappa shape index (κ1) is 7.71. The largest absolute Gasteiger partial charge is 0.395 e. The lowest BCUT2D eigenvalue weighted by Gasteiger charge is -1.98. The van der Waals surface area contributed by atoms with E-state index in [0.717, 1.165) is 6.07 Å². The van der Waals surface area contributed by atoms with Crippen LogP contribution >= 0.6 is 22.6 Å². The first-order valence-corrected chi connectivity index (χ1v) is 3.59. The smallest absolute Gasteiger partial charge is 0.150 e. The predicted molar refractivity (Wildman–Crippen MR) is 43.5 cm³/mol. The number of benzene rings is 1. The summed E-state index contributed by atoms with van der Waals surface area (Å²) in [6.07, 6.45) is 0. The van der Waals surface area contributed by atoms with E-state index in [9.17, 15) is 8.78 Å². The molecule has 0 saturated heterocycles. The van der Waals surface area contributed by atoms with Crippen molar-refractivity contribution in [2.24, 2.45) is 0 Å². The highest BCUT2D eigenvalue weighted by atomic mass is 127. The Balaban J connectivity index is 3.31. The third kappa shape index (κ3) is 1.36. The maximum absolute atomic E-state index is 12.5. The van der Waals surface area contributed by atoms with Crippen molar-refractivity contribution in [3.8, 4) is 0 Å². The van der Waals surface area contributed by atoms with Gasteiger partial charge in [0.05, 0.1) is 5.69 Å². The summed E-state index contributed by atoms with van der Waals surface area (Å²) in [5, 5.41) is 0. The van der Waals surface area contributed by atoms with Crippen LogP contribution in [0.15, 0.2) is 12.1 Å². The van der Waals surface area contributed by atoms with Gasteiger partial charge in [-0.15, -0.1) is 0 Å². The van der Waals surface area contributed by atoms with Gasteiger partial charge in [0.15, 0.2) is 0 Å². The number of halogens is 3. The van der Waals surface area contributed by atoms with Crippen molar-refractivity contribution in [3.63, 3.8) is 0 Å². The van der Waals surface area contributed by atoms with Crippen LogP contribution in [-0.2, 0) is 0 Å². The highest BCUT2D eigenvalue weighted by Gasteiger charge is 2.04. The number of rotatable bonds is 0. The number of anilines is 1. The topological polar surface area (TPSA) is 26.0 Å². The average molecular weight is 255 g/mol. The molecule has 0 aromatic heterocycles. The molecule has 0 aliphatic rings. The molecule has 0 amide bonds. The fourth-order valence-corrected chi connectivity index (χ4v) is 1.11. The Bertz CT molecular complexity index is 239. The van der Waals surface area contributed by atoms with Gasteiger partial charge in [0.25, 0.3) is 0 Å². The van der Waals surface area contributed by atoms with Crippen LogP contribution < -0.4 is 5.73 Å². The molecule has 0 aliphatic heterocycles. The molecule has 0 aliphatic carbocycles. The van der Waals surface area contributed by atoms with E-state index < -0.39 is 11.6 Å². The van der Waals surface area contributed by atoms with Crippen LogP contribution in [0, 0.1) is 15.2 Å². The van der Waals surface area contributed by atoms with E-state index in [-0.39, 0.29) is 5.69 Å². The molecule has 10 heavy (non-hydrogen) atoms. The fourth-order valence-electron chi connectivity index (χ4n) is 0.553. The SMILES string of the molecule is Nc1c(F)cc(F)cc1I. The number of hydrogen-bond donors (Lipinski definition) is 1. The van der Waals surface area contributed by atoms with E-state index in [0.29, 0.717) is 3.57 Å². The molecule has 0 spiro atoms. The second-order valence-corrected chi connectivity index (χ2v) is 2.95. The van der Waals surface area contributed by atoms with Crippen LogP contribution in [0.3, 0.4) is 0 Å². The molecule has 0 atom stereocenters. The summed E-state index contributed by atoms with van der Waals surface area (Å²) in [6, 6.07) is 1.94. The molecular formula is C6H4F2IN. The van der Waals surface area contributed by atoms with Crippen LogP contribution in [0.2, 0.25) is 0 Å². The minimum absolute atomic E-state index is 0.00185. The zero-order chi connectivity index (χ0) is 7.72. The lowest BCUT2D eigenvalue weighted by molar-refractivity contribution is 0.585. The minimum Gasteiger partial charge on any atom is -0.395 e. The van der Waals surface area contributed by atoms with Crippen molar-refractivity contribution >= 4 is 28.3 Å². The van der Waals surface area contributed by atoms with Gasteiger partial charge in [0, 0.05) is 9.64 Å². The Morgan fingerprint density at radius 1 is 1.30 bits per heavy atom. The van der Waals surface area contributed by atoms with Crippen LogP contribution in [0.5, 0.6) is 0 Å². The van der Waals surface area contributed by atoms with Gasteiger partial charge in [-0.05, 0) is 28.7 Å². The number of nitrogen functional groups attached to an aromatic ring is 1. The van der Waals surface area contributed by atoms with Crippen molar-refractivity contribution in [2.45, 2.75) is 0 Å². The molecule has 0 bridgehead atoms. The molecule has 0 saturated carbocycles. The summed E-state index contributed by atoms with van der Waals surface area (Å²) in [6.45, 7) is 0. The normalized spacial score (nSPS) is 9.90. The van der Waals surface area contributed by atoms with E-state index in [1.54, 1.807) is 22.6 Å². The fraction of sp³-hybridized carbons (Fsp3) is 0. The second kappa shape index (κ2) is 2.69. The second-order valence-electron chi connectivity index (χ2n) is 1.78. The zero-order valence-electron chi connectivity index (χ0n) is 4.87. The molecule has 1 nitrogen and oxygen atoms in total. The molecule has 0 heterocycles. The van der Waals surface area contributed by atoms with E-state index in [2.05, 4.69) is 0 Å². The summed E-state index contributed by atoms with van der Waals surface area (Å²) in [5.74, 6) is -1.31. The Kier molecular flexibility index (Phi) is 2.08. The third-order valence-electron chi connectivity index (χ3n) is 1.04. The van der Waals surface area contributed by atoms with Gasteiger partial charge in [0.1, 0.15) is 11.6 Å². The Labute approximate surface area is 70.4 Å². The van der Waals surface area contributed by atoms with Crippen molar-refractivity contribution in [3.05, 3.63) is 27.3 Å². The molecule has 1 aromatic carbocycles. The van der Waals surface area contributed by atoms with Gasteiger partial charge in [-0.1, -0.05) is 0 Å². The summed E-state index contributed by atoms with van der Waals surface area (Å²) in [5.41, 5.74) is 5.20. The zero-order valence-corrected chi connectivity index (χ0v) is 7.02. The van der Waals surface area contributed by atoms with E-state index in [1.807, 2.05) is 0 Å². The first-order chi connectivity index (χ1) is 4.61. The Hall–Kier alpha value is -0.390. The molecule has 4 heteroatoms. The lowest BCUT2D eigenvalue weighted by atomic mass is 10.3. The number of nitrogens with two attached hydrogens (primary N) is 1. The van der Waals surface area contributed by atoms with Crippen LogP contribution in [-0.4, -0.2) is 0 Å². The first-order valence-electron chi connectivity index (χ1n) is 2.51. The van der Waals surface area contributed by atoms with Gasteiger partial charge in [-0.3, -0.25) is 0 Å². The molecule has 0 fully saturated rings. The van der Waals surface area contributed by atoms with Crippen LogP contribution in [0.4, 0.5) is 14.5 Å². The summed E-state index contributed by atoms with van der Waals surface area (Å²) in [4.78, 5) is 0. The number of hydrogen-bond acceptors (Lipinski definition) is 1. The summed E-state index contributed by atoms with van der Waals surface area (Å²) >= 11 is 1.77. The summed E-state index contributed by atoms with van der Waals surface area (Å²) in [7, 11) is 0. The van der Waals surface area contributed by atoms with Gasteiger partial charge in [0.2, 0.25) is 0 Å². The standard InChI is InChI=1S/C6H4F2IN/c7-3-1-4(8)6(10)5(9)2-3/h1-2H,10H2. The van der Waals surface area contributed by atoms with Crippen molar-refractivity contribution < 1.29 is 8.78 Å². The molecule has 2 N–H and O–H groups in total. The molecular weight excluding hydrogens is 251 g/mol. The average Bonchev–Trinajstić information content (AvgIpc) is 1.82. The summed E-state index contributed by atoms with van der Waals surface area (Å²) < 4.78 is 25.2. The highest BCUT2D eigenvalue weighted by Crippen LogP contribution is 2.19. The molecule has 1 rings (SSSR count). The maximum Gasteiger partial charge on any atom is 0.150 e. The Morgan fingerprint density at radius 3 is 2.40 bits per heavy atom. The molecule has 1 aromatic rings. The monoisotopic (exact) mass is 255 g/mol. The van der Waals surface area contributed by atoms with Gasteiger partial charge < -0.3 is 5.73 Å². The third-order valence-corrected chi connectivity index (χ3v) is 1.94. The van der Waals surface area contributed by atoms with E-state index in [1.165, 1.54) is 6.07 Å². The molecule has 0 unspecified atom stereocenters. The highest BCUT2D eigenvalue weighted by molar-refractivity contribution is 14.1. The van der Waals surface area contributed by atoms with Crippen molar-refractivity contribution in [2.75, 3.05) is 5.73 Å². The Morgan fingerprint density at radius 2 is 1.90 bits per heavy atom. The van der Waals surface area contributed by atoms with E-state index >= 15 is 0 Å².